The highest BCUT2D eigenvalue weighted by Gasteiger charge is 2.18. The molecule has 0 saturated carbocycles. The number of methoxy groups -OCH3 is 1. The Labute approximate surface area is 104 Å². The van der Waals surface area contributed by atoms with Gasteiger partial charge < -0.3 is 4.74 Å². The summed E-state index contributed by atoms with van der Waals surface area (Å²) in [5.74, 6) is 0.334. The zero-order valence-electron chi connectivity index (χ0n) is 9.86. The Bertz CT molecular complexity index is 363. The van der Waals surface area contributed by atoms with E-state index in [0.29, 0.717) is 25.3 Å². The maximum absolute atomic E-state index is 12.0. The smallest absolute Gasteiger partial charge is 0.182 e. The topological polar surface area (TPSA) is 44.1 Å². The lowest BCUT2D eigenvalue weighted by atomic mass is 10.0. The molecule has 1 rings (SSSR count). The van der Waals surface area contributed by atoms with Crippen molar-refractivity contribution in [2.24, 2.45) is 5.92 Å². The van der Waals surface area contributed by atoms with Gasteiger partial charge in [0.05, 0.1) is 10.7 Å². The van der Waals surface area contributed by atoms with Crippen molar-refractivity contribution < 1.29 is 9.53 Å². The number of nitrogens with zero attached hydrogens (tertiary/aromatic N) is 2. The number of aryl methyl sites for hydroxylation is 1. The second-order valence-corrected chi connectivity index (χ2v) is 4.70. The molecule has 1 atom stereocenters. The molecule has 4 nitrogen and oxygen atoms in total. The predicted molar refractivity (Wildman–Crippen MR) is 65.6 cm³/mol. The Hall–Kier alpha value is -0.680. The number of hydrogen-bond acceptors (Lipinski definition) is 3. The monoisotopic (exact) mass is 288 g/mol. The second kappa shape index (κ2) is 6.15. The van der Waals surface area contributed by atoms with E-state index in [4.69, 9.17) is 4.74 Å². The van der Waals surface area contributed by atoms with Crippen LogP contribution < -0.4 is 0 Å². The Balaban J connectivity index is 2.75. The van der Waals surface area contributed by atoms with Crippen LogP contribution in [-0.4, -0.2) is 29.3 Å². The zero-order valence-corrected chi connectivity index (χ0v) is 11.5. The van der Waals surface area contributed by atoms with Gasteiger partial charge in [-0.25, -0.2) is 0 Å². The summed E-state index contributed by atoms with van der Waals surface area (Å²) in [5, 5.41) is 4.13. The number of Topliss-reactive ketones (excluding diaryl/α,β-unsaturated/α-hetero) is 1. The van der Waals surface area contributed by atoms with Crippen molar-refractivity contribution in [1.82, 2.24) is 9.78 Å². The van der Waals surface area contributed by atoms with Crippen LogP contribution in [0.5, 0.6) is 0 Å². The Morgan fingerprint density at radius 3 is 2.94 bits per heavy atom. The number of carbonyl (C=O) groups is 1. The molecule has 0 aromatic carbocycles. The van der Waals surface area contributed by atoms with E-state index in [0.717, 1.165) is 4.47 Å². The number of hydrogen-bond donors (Lipinski definition) is 0. The molecule has 0 aliphatic rings. The fourth-order valence-corrected chi connectivity index (χ4v) is 2.15. The van der Waals surface area contributed by atoms with Crippen molar-refractivity contribution in [1.29, 1.82) is 0 Å². The van der Waals surface area contributed by atoms with Crippen molar-refractivity contribution in [3.05, 3.63) is 16.4 Å². The first-order valence-corrected chi connectivity index (χ1v) is 6.12. The van der Waals surface area contributed by atoms with Crippen molar-refractivity contribution in [3.8, 4) is 0 Å². The van der Waals surface area contributed by atoms with E-state index in [1.807, 2.05) is 13.8 Å². The lowest BCUT2D eigenvalue weighted by molar-refractivity contribution is 0.0909. The van der Waals surface area contributed by atoms with Gasteiger partial charge in [-0.2, -0.15) is 5.10 Å². The average molecular weight is 289 g/mol. The Morgan fingerprint density at radius 1 is 1.69 bits per heavy atom. The highest BCUT2D eigenvalue weighted by atomic mass is 79.9. The summed E-state index contributed by atoms with van der Waals surface area (Å²) in [5.41, 5.74) is 0.658. The van der Waals surface area contributed by atoms with E-state index >= 15 is 0 Å². The van der Waals surface area contributed by atoms with E-state index in [1.54, 1.807) is 18.0 Å². The van der Waals surface area contributed by atoms with Crippen LogP contribution in [0.4, 0.5) is 0 Å². The van der Waals surface area contributed by atoms with Crippen molar-refractivity contribution in [2.75, 3.05) is 13.7 Å². The number of halogens is 1. The third-order valence-corrected chi connectivity index (χ3v) is 2.92. The number of carbonyl (C=O) groups excluding carboxylic acids is 1. The van der Waals surface area contributed by atoms with Crippen molar-refractivity contribution in [3.63, 3.8) is 0 Å². The lowest BCUT2D eigenvalue weighted by Gasteiger charge is -2.10. The molecule has 0 radical (unpaired) electrons. The number of ketones is 1. The molecule has 1 aromatic rings. The van der Waals surface area contributed by atoms with Crippen LogP contribution in [0.3, 0.4) is 0 Å². The van der Waals surface area contributed by atoms with Crippen LogP contribution in [0.2, 0.25) is 0 Å². The fraction of sp³-hybridized carbons (Fsp3) is 0.636. The van der Waals surface area contributed by atoms with Crippen LogP contribution in [0, 0.1) is 5.92 Å². The first kappa shape index (κ1) is 13.4. The van der Waals surface area contributed by atoms with Gasteiger partial charge in [0.15, 0.2) is 5.78 Å². The molecule has 16 heavy (non-hydrogen) atoms. The Kier molecular flexibility index (Phi) is 5.15. The Morgan fingerprint density at radius 2 is 2.38 bits per heavy atom. The minimum atomic E-state index is 0.107. The molecule has 0 fully saturated rings. The SMILES string of the molecule is CCn1ncc(Br)c1C(=O)CC(C)COC. The van der Waals surface area contributed by atoms with Crippen molar-refractivity contribution >= 4 is 21.7 Å². The first-order chi connectivity index (χ1) is 7.60. The second-order valence-electron chi connectivity index (χ2n) is 3.84. The van der Waals surface area contributed by atoms with Crippen LogP contribution in [0.1, 0.15) is 30.8 Å². The first-order valence-electron chi connectivity index (χ1n) is 5.33. The lowest BCUT2D eigenvalue weighted by Crippen LogP contribution is -2.15. The molecule has 0 bridgehead atoms. The summed E-state index contributed by atoms with van der Waals surface area (Å²) < 4.78 is 7.50. The minimum absolute atomic E-state index is 0.107. The number of aromatic nitrogens is 2. The molecule has 0 spiro atoms. The van der Waals surface area contributed by atoms with Gasteiger partial charge in [-0.15, -0.1) is 0 Å². The maximum atomic E-state index is 12.0. The molecule has 0 amide bonds. The summed E-state index contributed by atoms with van der Waals surface area (Å²) in [7, 11) is 1.65. The van der Waals surface area contributed by atoms with Gasteiger partial charge in [-0.3, -0.25) is 9.48 Å². The fourth-order valence-electron chi connectivity index (χ4n) is 1.64. The molecule has 5 heteroatoms. The van der Waals surface area contributed by atoms with Gasteiger partial charge in [-0.05, 0) is 28.8 Å². The predicted octanol–water partition coefficient (Wildman–Crippen LogP) is 2.52. The molecule has 0 aliphatic carbocycles. The summed E-state index contributed by atoms with van der Waals surface area (Å²) in [6, 6.07) is 0. The van der Waals surface area contributed by atoms with E-state index in [1.165, 1.54) is 0 Å². The maximum Gasteiger partial charge on any atom is 0.182 e. The van der Waals surface area contributed by atoms with Gasteiger partial charge in [-0.1, -0.05) is 6.92 Å². The van der Waals surface area contributed by atoms with Crippen LogP contribution in [0.15, 0.2) is 10.7 Å². The van der Waals surface area contributed by atoms with E-state index in [9.17, 15) is 4.79 Å². The average Bonchev–Trinajstić information content (AvgIpc) is 2.59. The summed E-state index contributed by atoms with van der Waals surface area (Å²) in [4.78, 5) is 12.0. The molecule has 1 aromatic heterocycles. The minimum Gasteiger partial charge on any atom is -0.384 e. The van der Waals surface area contributed by atoms with Crippen LogP contribution >= 0.6 is 15.9 Å². The number of rotatable bonds is 6. The highest BCUT2D eigenvalue weighted by molar-refractivity contribution is 9.10. The number of ether oxygens (including phenoxy) is 1. The third-order valence-electron chi connectivity index (χ3n) is 2.34. The van der Waals surface area contributed by atoms with Gasteiger partial charge in [0, 0.05) is 26.7 Å². The molecular weight excluding hydrogens is 272 g/mol. The zero-order chi connectivity index (χ0) is 12.1. The quantitative estimate of drug-likeness (QED) is 0.756. The van der Waals surface area contributed by atoms with Crippen molar-refractivity contribution in [2.45, 2.75) is 26.8 Å². The summed E-state index contributed by atoms with van der Waals surface area (Å²) in [6.45, 7) is 5.27. The normalized spacial score (nSPS) is 12.8. The highest BCUT2D eigenvalue weighted by Crippen LogP contribution is 2.19. The van der Waals surface area contributed by atoms with E-state index in [2.05, 4.69) is 21.0 Å². The van der Waals surface area contributed by atoms with Crippen LogP contribution in [0.25, 0.3) is 0 Å². The third kappa shape index (κ3) is 3.15. The summed E-state index contributed by atoms with van der Waals surface area (Å²) >= 11 is 3.35. The molecular formula is C11H17BrN2O2. The van der Waals surface area contributed by atoms with Crippen LogP contribution in [-0.2, 0) is 11.3 Å². The molecule has 0 aliphatic heterocycles. The molecule has 0 saturated heterocycles. The standard InChI is InChI=1S/C11H17BrN2O2/c1-4-14-11(9(12)6-13-14)10(15)5-8(2)7-16-3/h6,8H,4-5,7H2,1-3H3. The largest absolute Gasteiger partial charge is 0.384 e. The molecule has 1 heterocycles. The molecule has 0 N–H and O–H groups in total. The molecule has 90 valence electrons. The van der Waals surface area contributed by atoms with Gasteiger partial charge >= 0.3 is 0 Å². The van der Waals surface area contributed by atoms with Gasteiger partial charge in [0.25, 0.3) is 0 Å². The molecule has 1 unspecified atom stereocenters. The van der Waals surface area contributed by atoms with Gasteiger partial charge in [0.2, 0.25) is 0 Å². The summed E-state index contributed by atoms with van der Waals surface area (Å²) in [6.07, 6.45) is 2.15. The van der Waals surface area contributed by atoms with E-state index in [-0.39, 0.29) is 11.7 Å². The van der Waals surface area contributed by atoms with E-state index < -0.39 is 0 Å². The van der Waals surface area contributed by atoms with Gasteiger partial charge in [0.1, 0.15) is 5.69 Å².